The van der Waals surface area contributed by atoms with E-state index < -0.39 is 0 Å². The maximum absolute atomic E-state index is 12.3. The highest BCUT2D eigenvalue weighted by Crippen LogP contribution is 2.43. The molecule has 3 rings (SSSR count). The van der Waals surface area contributed by atoms with Gasteiger partial charge in [0.05, 0.1) is 28.8 Å². The zero-order valence-corrected chi connectivity index (χ0v) is 22.4. The molecule has 192 valence electrons. The highest BCUT2D eigenvalue weighted by Gasteiger charge is 2.25. The number of ether oxygens (including phenoxy) is 1. The summed E-state index contributed by atoms with van der Waals surface area (Å²) >= 11 is 6.60. The van der Waals surface area contributed by atoms with E-state index in [0.29, 0.717) is 52.0 Å². The minimum Gasteiger partial charge on any atom is -0.493 e. The third-order valence-corrected chi connectivity index (χ3v) is 5.92. The number of hydrogen-bond acceptors (Lipinski definition) is 9. The largest absolute Gasteiger partial charge is 0.493 e. The quantitative estimate of drug-likeness (QED) is 0.343. The van der Waals surface area contributed by atoms with Crippen molar-refractivity contribution in [2.75, 3.05) is 38.4 Å². The van der Waals surface area contributed by atoms with Crippen molar-refractivity contribution in [1.29, 1.82) is 10.7 Å². The molecule has 1 atom stereocenters. The number of anilines is 2. The van der Waals surface area contributed by atoms with Gasteiger partial charge in [-0.25, -0.2) is 9.97 Å². The molecule has 1 amide bonds. The average molecular weight is 521 g/mol. The summed E-state index contributed by atoms with van der Waals surface area (Å²) in [5.41, 5.74) is 3.11. The highest BCUT2D eigenvalue weighted by atomic mass is 35.5. The molecule has 2 heterocycles. The fourth-order valence-corrected chi connectivity index (χ4v) is 4.13. The van der Waals surface area contributed by atoms with Gasteiger partial charge >= 0.3 is 0 Å². The molecule has 1 aromatic carbocycles. The van der Waals surface area contributed by atoms with E-state index in [0.717, 1.165) is 0 Å². The van der Waals surface area contributed by atoms with E-state index in [1.54, 1.807) is 46.3 Å². The number of halogens is 1. The Hall–Kier alpha value is -4.23. The molecular formula is C26H29ClN8O2. The summed E-state index contributed by atoms with van der Waals surface area (Å²) in [6, 6.07) is 6.82. The average Bonchev–Trinajstić information content (AvgIpc) is 2.88. The Labute approximate surface area is 221 Å². The number of amides is 1. The summed E-state index contributed by atoms with van der Waals surface area (Å²) in [6.07, 6.45) is 2.95. The van der Waals surface area contributed by atoms with Crippen molar-refractivity contribution in [2.24, 2.45) is 0 Å². The van der Waals surface area contributed by atoms with Gasteiger partial charge in [0.1, 0.15) is 35.5 Å². The second-order valence-electron chi connectivity index (χ2n) is 8.39. The van der Waals surface area contributed by atoms with Crippen LogP contribution in [0.5, 0.6) is 5.75 Å². The Bertz CT molecular complexity index is 1370. The zero-order chi connectivity index (χ0) is 27.3. The number of aromatic nitrogens is 3. The van der Waals surface area contributed by atoms with Crippen molar-refractivity contribution in [3.63, 3.8) is 0 Å². The van der Waals surface area contributed by atoms with Crippen molar-refractivity contribution in [3.05, 3.63) is 58.1 Å². The number of carbonyl (C=O) groups excluding carboxylic acids is 1. The van der Waals surface area contributed by atoms with E-state index >= 15 is 0 Å². The summed E-state index contributed by atoms with van der Waals surface area (Å²) < 4.78 is 6.08. The topological polar surface area (TPSA) is 140 Å². The molecule has 3 N–H and O–H groups in total. The maximum atomic E-state index is 12.3. The first kappa shape index (κ1) is 27.4. The van der Waals surface area contributed by atoms with Crippen LogP contribution in [0, 0.1) is 16.7 Å². The third kappa shape index (κ3) is 5.62. The minimum atomic E-state index is -0.384. The molecule has 3 aromatic rings. The summed E-state index contributed by atoms with van der Waals surface area (Å²) in [4.78, 5) is 26.6. The second kappa shape index (κ2) is 11.7. The molecule has 1 unspecified atom stereocenters. The van der Waals surface area contributed by atoms with Gasteiger partial charge in [-0.3, -0.25) is 9.78 Å². The third-order valence-electron chi connectivity index (χ3n) is 5.62. The lowest BCUT2D eigenvalue weighted by molar-refractivity contribution is 0.0822. The lowest BCUT2D eigenvalue weighted by Crippen LogP contribution is -2.22. The summed E-state index contributed by atoms with van der Waals surface area (Å²) in [5.74, 6) is 1.23. The minimum absolute atomic E-state index is 0.232. The smallest absolute Gasteiger partial charge is 0.271 e. The Balaban J connectivity index is 2.17. The Morgan fingerprint density at radius 3 is 2.51 bits per heavy atom. The molecule has 0 bridgehead atoms. The molecule has 0 fully saturated rings. The van der Waals surface area contributed by atoms with Crippen LogP contribution in [0.1, 0.15) is 54.0 Å². The van der Waals surface area contributed by atoms with Gasteiger partial charge in [0, 0.05) is 49.7 Å². The number of benzene rings is 1. The molecule has 0 aliphatic heterocycles. The predicted molar refractivity (Wildman–Crippen MR) is 145 cm³/mol. The van der Waals surface area contributed by atoms with Crippen LogP contribution < -0.4 is 15.4 Å². The van der Waals surface area contributed by atoms with Crippen molar-refractivity contribution < 1.29 is 9.53 Å². The lowest BCUT2D eigenvalue weighted by Gasteiger charge is -2.24. The molecule has 0 radical (unpaired) electrons. The van der Waals surface area contributed by atoms with Crippen molar-refractivity contribution in [2.45, 2.75) is 26.8 Å². The lowest BCUT2D eigenvalue weighted by atomic mass is 9.94. The molecule has 0 aliphatic rings. The van der Waals surface area contributed by atoms with E-state index in [9.17, 15) is 10.1 Å². The number of rotatable bonds is 9. The first-order chi connectivity index (χ1) is 17.6. The fourth-order valence-electron chi connectivity index (χ4n) is 3.88. The van der Waals surface area contributed by atoms with Crippen molar-refractivity contribution in [1.82, 2.24) is 19.9 Å². The van der Waals surface area contributed by atoms with Gasteiger partial charge < -0.3 is 25.7 Å². The molecule has 37 heavy (non-hydrogen) atoms. The van der Waals surface area contributed by atoms with Crippen LogP contribution in [-0.2, 0) is 0 Å². The standard InChI is InChI=1S/C26H29ClN8O2/c1-7-37-23-17(15(3)34-25-21(14(2)29)24(30-4)32-13-33-25)10-19(27)18(11-28)22(23)16-8-9-20(31-12-16)26(36)35(5)6/h8-10,12-13,15,29H,7H2,1-6H3,(H2,30,32,33,34). The van der Waals surface area contributed by atoms with Gasteiger partial charge in [0.25, 0.3) is 5.91 Å². The van der Waals surface area contributed by atoms with Crippen LogP contribution in [0.4, 0.5) is 11.6 Å². The number of nitriles is 1. The van der Waals surface area contributed by atoms with Crippen LogP contribution in [0.2, 0.25) is 5.02 Å². The van der Waals surface area contributed by atoms with Crippen LogP contribution in [-0.4, -0.2) is 59.2 Å². The predicted octanol–water partition coefficient (Wildman–Crippen LogP) is 4.77. The molecule has 0 saturated heterocycles. The molecule has 10 nitrogen and oxygen atoms in total. The summed E-state index contributed by atoms with van der Waals surface area (Å²) in [5, 5.41) is 24.7. The van der Waals surface area contributed by atoms with E-state index in [4.69, 9.17) is 21.7 Å². The number of nitrogens with zero attached hydrogens (tertiary/aromatic N) is 5. The summed E-state index contributed by atoms with van der Waals surface area (Å²) in [7, 11) is 5.03. The van der Waals surface area contributed by atoms with E-state index in [2.05, 4.69) is 31.7 Å². The molecule has 0 aliphatic carbocycles. The number of nitrogens with one attached hydrogen (secondary N) is 3. The van der Waals surface area contributed by atoms with Crippen molar-refractivity contribution in [3.8, 4) is 22.9 Å². The number of pyridine rings is 1. The van der Waals surface area contributed by atoms with Gasteiger partial charge in [-0.05, 0) is 32.9 Å². The Morgan fingerprint density at radius 2 is 1.97 bits per heavy atom. The van der Waals surface area contributed by atoms with Gasteiger partial charge in [-0.2, -0.15) is 5.26 Å². The first-order valence-corrected chi connectivity index (χ1v) is 11.9. The molecule has 0 spiro atoms. The van der Waals surface area contributed by atoms with Gasteiger partial charge in [0.2, 0.25) is 0 Å². The monoisotopic (exact) mass is 520 g/mol. The van der Waals surface area contributed by atoms with Crippen LogP contribution in [0.3, 0.4) is 0 Å². The summed E-state index contributed by atoms with van der Waals surface area (Å²) in [6.45, 7) is 5.76. The molecule has 2 aromatic heterocycles. The Kier molecular flexibility index (Phi) is 8.63. The maximum Gasteiger partial charge on any atom is 0.271 e. The van der Waals surface area contributed by atoms with E-state index in [1.807, 2.05) is 13.8 Å². The molecule has 11 heteroatoms. The van der Waals surface area contributed by atoms with Crippen LogP contribution >= 0.6 is 11.6 Å². The molecule has 0 saturated carbocycles. The SMILES string of the molecule is CCOc1c(C(C)Nc2ncnc(NC)c2C(C)=N)cc(Cl)c(C#N)c1-c1ccc(C(=O)N(C)C)nc1. The van der Waals surface area contributed by atoms with E-state index in [-0.39, 0.29) is 28.2 Å². The number of carbonyl (C=O) groups is 1. The van der Waals surface area contributed by atoms with Crippen molar-refractivity contribution >= 4 is 34.9 Å². The Morgan fingerprint density at radius 1 is 1.27 bits per heavy atom. The molecular weight excluding hydrogens is 492 g/mol. The van der Waals surface area contributed by atoms with Crippen LogP contribution in [0.15, 0.2) is 30.7 Å². The first-order valence-electron chi connectivity index (χ1n) is 11.6. The normalized spacial score (nSPS) is 11.3. The fraction of sp³-hybridized carbons (Fsp3) is 0.308. The second-order valence-corrected chi connectivity index (χ2v) is 8.80. The van der Waals surface area contributed by atoms with Crippen LogP contribution in [0.25, 0.3) is 11.1 Å². The van der Waals surface area contributed by atoms with Gasteiger partial charge in [-0.15, -0.1) is 0 Å². The zero-order valence-electron chi connectivity index (χ0n) is 21.6. The highest BCUT2D eigenvalue weighted by molar-refractivity contribution is 6.32. The van der Waals surface area contributed by atoms with Gasteiger partial charge in [-0.1, -0.05) is 17.7 Å². The van der Waals surface area contributed by atoms with Gasteiger partial charge in [0.15, 0.2) is 0 Å². The van der Waals surface area contributed by atoms with E-state index in [1.165, 1.54) is 17.4 Å². The number of hydrogen-bond donors (Lipinski definition) is 3.